The lowest BCUT2D eigenvalue weighted by Gasteiger charge is -2.37. The molecule has 0 aromatic heterocycles. The molecule has 1 aliphatic heterocycles. The molecular weight excluding hydrogens is 329 g/mol. The number of rotatable bonds is 4. The van der Waals surface area contributed by atoms with Crippen LogP contribution in [-0.4, -0.2) is 68.1 Å². The molecule has 0 bridgehead atoms. The first kappa shape index (κ1) is 16.9. The van der Waals surface area contributed by atoms with E-state index in [4.69, 9.17) is 5.73 Å². The van der Waals surface area contributed by atoms with Crippen LogP contribution in [0.5, 0.6) is 0 Å². The van der Waals surface area contributed by atoms with Crippen LogP contribution in [0, 0.1) is 0 Å². The third-order valence-electron chi connectivity index (χ3n) is 3.30. The van der Waals surface area contributed by atoms with Crippen molar-refractivity contribution >= 4 is 29.9 Å². The minimum atomic E-state index is 0. The molecule has 0 aliphatic carbocycles. The van der Waals surface area contributed by atoms with E-state index in [0.29, 0.717) is 12.0 Å². The number of hydrogen-bond acceptors (Lipinski definition) is 3. The number of nitrogens with one attached hydrogen (secondary N) is 1. The van der Waals surface area contributed by atoms with E-state index < -0.39 is 0 Å². The van der Waals surface area contributed by atoms with Crippen molar-refractivity contribution in [2.24, 2.45) is 10.7 Å². The predicted octanol–water partition coefficient (Wildman–Crippen LogP) is 0.165. The van der Waals surface area contributed by atoms with Gasteiger partial charge in [0.2, 0.25) is 0 Å². The molecule has 0 aromatic carbocycles. The Morgan fingerprint density at radius 3 is 2.41 bits per heavy atom. The summed E-state index contributed by atoms with van der Waals surface area (Å²) in [4.78, 5) is 8.87. The number of likely N-dealkylation sites (N-methyl/N-ethyl adjacent to an activating group) is 1. The Labute approximate surface area is 122 Å². The fourth-order valence-corrected chi connectivity index (χ4v) is 1.98. The monoisotopic (exact) mass is 355 g/mol. The van der Waals surface area contributed by atoms with Gasteiger partial charge in [-0.25, -0.2) is 0 Å². The van der Waals surface area contributed by atoms with Gasteiger partial charge in [0.05, 0.1) is 0 Å². The molecule has 0 amide bonds. The van der Waals surface area contributed by atoms with Crippen molar-refractivity contribution in [2.75, 3.05) is 46.3 Å². The molecule has 0 saturated carbocycles. The highest BCUT2D eigenvalue weighted by molar-refractivity contribution is 14.0. The number of nitrogens with zero attached hydrogens (tertiary/aromatic N) is 3. The van der Waals surface area contributed by atoms with Crippen LogP contribution in [0.15, 0.2) is 4.99 Å². The Bertz CT molecular complexity index is 226. The summed E-state index contributed by atoms with van der Waals surface area (Å²) in [5, 5.41) is 3.13. The average Bonchev–Trinajstić information content (AvgIpc) is 2.35. The minimum absolute atomic E-state index is 0. The quantitative estimate of drug-likeness (QED) is 0.429. The fourth-order valence-electron chi connectivity index (χ4n) is 1.98. The Hall–Kier alpha value is -0.0800. The molecule has 1 saturated heterocycles. The van der Waals surface area contributed by atoms with Crippen molar-refractivity contribution in [3.63, 3.8) is 0 Å². The van der Waals surface area contributed by atoms with E-state index in [-0.39, 0.29) is 24.0 Å². The lowest BCUT2D eigenvalue weighted by atomic mass is 10.2. The normalized spacial score (nSPS) is 20.8. The van der Waals surface area contributed by atoms with Crippen LogP contribution >= 0.6 is 24.0 Å². The largest absolute Gasteiger partial charge is 0.370 e. The van der Waals surface area contributed by atoms with Gasteiger partial charge < -0.3 is 16.0 Å². The summed E-state index contributed by atoms with van der Waals surface area (Å²) in [6, 6.07) is 0.513. The smallest absolute Gasteiger partial charge is 0.188 e. The first-order valence-corrected chi connectivity index (χ1v) is 6.10. The van der Waals surface area contributed by atoms with Gasteiger partial charge in [-0.2, -0.15) is 0 Å². The van der Waals surface area contributed by atoms with Gasteiger partial charge in [0, 0.05) is 45.8 Å². The Morgan fingerprint density at radius 1 is 1.35 bits per heavy atom. The van der Waals surface area contributed by atoms with Gasteiger partial charge >= 0.3 is 0 Å². The standard InChI is InChI=1S/C11H25N5.HI/c1-4-15-5-7-16(8-6-15)10(2)9-14-11(12)13-3;/h10H,4-9H2,1-3H3,(H3,12,13,14);1H. The van der Waals surface area contributed by atoms with E-state index in [2.05, 4.69) is 34.0 Å². The zero-order chi connectivity index (χ0) is 12.0. The second-order valence-electron chi connectivity index (χ2n) is 4.31. The number of halogens is 1. The van der Waals surface area contributed by atoms with E-state index in [1.165, 1.54) is 13.1 Å². The molecular formula is C11H26IN5. The van der Waals surface area contributed by atoms with Crippen molar-refractivity contribution in [3.05, 3.63) is 0 Å². The highest BCUT2D eigenvalue weighted by atomic mass is 127. The summed E-state index contributed by atoms with van der Waals surface area (Å²) in [5.74, 6) is 0.527. The number of piperazine rings is 1. The third kappa shape index (κ3) is 5.87. The molecule has 1 unspecified atom stereocenters. The van der Waals surface area contributed by atoms with Crippen LogP contribution in [0.25, 0.3) is 0 Å². The Balaban J connectivity index is 0.00000256. The number of nitrogens with two attached hydrogens (primary N) is 1. The van der Waals surface area contributed by atoms with Gasteiger partial charge in [0.25, 0.3) is 0 Å². The molecule has 1 fully saturated rings. The second kappa shape index (κ2) is 8.93. The summed E-state index contributed by atoms with van der Waals surface area (Å²) in [7, 11) is 1.70. The summed E-state index contributed by atoms with van der Waals surface area (Å²) >= 11 is 0. The second-order valence-corrected chi connectivity index (χ2v) is 4.31. The van der Waals surface area contributed by atoms with Crippen molar-refractivity contribution in [1.29, 1.82) is 0 Å². The van der Waals surface area contributed by atoms with Gasteiger partial charge in [0.1, 0.15) is 0 Å². The maximum absolute atomic E-state index is 5.61. The van der Waals surface area contributed by atoms with E-state index in [9.17, 15) is 0 Å². The topological polar surface area (TPSA) is 56.9 Å². The average molecular weight is 355 g/mol. The molecule has 6 heteroatoms. The highest BCUT2D eigenvalue weighted by Gasteiger charge is 2.19. The maximum atomic E-state index is 5.61. The first-order chi connectivity index (χ1) is 7.67. The Kier molecular flexibility index (Phi) is 8.89. The lowest BCUT2D eigenvalue weighted by molar-refractivity contribution is 0.107. The van der Waals surface area contributed by atoms with Gasteiger partial charge in [-0.15, -0.1) is 24.0 Å². The zero-order valence-corrected chi connectivity index (χ0v) is 13.5. The van der Waals surface area contributed by atoms with Gasteiger partial charge in [0.15, 0.2) is 5.96 Å². The van der Waals surface area contributed by atoms with Crippen molar-refractivity contribution in [3.8, 4) is 0 Å². The molecule has 17 heavy (non-hydrogen) atoms. The van der Waals surface area contributed by atoms with Crippen molar-refractivity contribution in [1.82, 2.24) is 15.1 Å². The van der Waals surface area contributed by atoms with Gasteiger partial charge in [-0.05, 0) is 13.5 Å². The number of aliphatic imine (C=N–C) groups is 1. The van der Waals surface area contributed by atoms with Crippen LogP contribution in [0.1, 0.15) is 13.8 Å². The predicted molar refractivity (Wildman–Crippen MR) is 84.1 cm³/mol. The molecule has 0 radical (unpaired) electrons. The highest BCUT2D eigenvalue weighted by Crippen LogP contribution is 2.05. The molecule has 1 heterocycles. The van der Waals surface area contributed by atoms with Crippen LogP contribution in [0.2, 0.25) is 0 Å². The van der Waals surface area contributed by atoms with E-state index in [1.54, 1.807) is 7.05 Å². The van der Waals surface area contributed by atoms with Crippen LogP contribution in [-0.2, 0) is 0 Å². The van der Waals surface area contributed by atoms with Gasteiger partial charge in [-0.3, -0.25) is 9.89 Å². The molecule has 3 N–H and O–H groups in total. The van der Waals surface area contributed by atoms with E-state index in [1.807, 2.05) is 0 Å². The summed E-state index contributed by atoms with van der Waals surface area (Å²) in [6.07, 6.45) is 0. The number of hydrogen-bond donors (Lipinski definition) is 2. The third-order valence-corrected chi connectivity index (χ3v) is 3.30. The van der Waals surface area contributed by atoms with Crippen LogP contribution in [0.3, 0.4) is 0 Å². The summed E-state index contributed by atoms with van der Waals surface area (Å²) in [6.45, 7) is 11.2. The van der Waals surface area contributed by atoms with Crippen LogP contribution < -0.4 is 11.1 Å². The molecule has 102 valence electrons. The van der Waals surface area contributed by atoms with Crippen molar-refractivity contribution in [2.45, 2.75) is 19.9 Å². The van der Waals surface area contributed by atoms with E-state index in [0.717, 1.165) is 26.2 Å². The molecule has 5 nitrogen and oxygen atoms in total. The van der Waals surface area contributed by atoms with Crippen LogP contribution in [0.4, 0.5) is 0 Å². The fraction of sp³-hybridized carbons (Fsp3) is 0.909. The lowest BCUT2D eigenvalue weighted by Crippen LogP contribution is -2.52. The summed E-state index contributed by atoms with van der Waals surface area (Å²) in [5.41, 5.74) is 5.61. The Morgan fingerprint density at radius 2 is 1.94 bits per heavy atom. The number of guanidine groups is 1. The molecule has 1 rings (SSSR count). The van der Waals surface area contributed by atoms with Gasteiger partial charge in [-0.1, -0.05) is 6.92 Å². The summed E-state index contributed by atoms with van der Waals surface area (Å²) < 4.78 is 0. The molecule has 1 atom stereocenters. The van der Waals surface area contributed by atoms with E-state index >= 15 is 0 Å². The zero-order valence-electron chi connectivity index (χ0n) is 11.1. The molecule has 0 aromatic rings. The molecule has 1 aliphatic rings. The maximum Gasteiger partial charge on any atom is 0.188 e. The minimum Gasteiger partial charge on any atom is -0.370 e. The van der Waals surface area contributed by atoms with Crippen molar-refractivity contribution < 1.29 is 0 Å². The SMILES string of the molecule is CCN1CCN(C(C)CNC(N)=NC)CC1.I. The molecule has 0 spiro atoms. The first-order valence-electron chi connectivity index (χ1n) is 6.10.